The van der Waals surface area contributed by atoms with E-state index < -0.39 is 29.7 Å². The highest BCUT2D eigenvalue weighted by Crippen LogP contribution is 2.11. The van der Waals surface area contributed by atoms with Gasteiger partial charge in [-0.05, 0) is 20.8 Å². The topological polar surface area (TPSA) is 104 Å². The number of amides is 1. The van der Waals surface area contributed by atoms with Gasteiger partial charge in [0.05, 0.1) is 0 Å². The monoisotopic (exact) mass is 233 g/mol. The van der Waals surface area contributed by atoms with E-state index in [1.807, 2.05) is 0 Å². The van der Waals surface area contributed by atoms with Crippen LogP contribution in [0.1, 0.15) is 20.8 Å². The average molecular weight is 233 g/mol. The lowest BCUT2D eigenvalue weighted by Gasteiger charge is -2.26. The molecule has 92 valence electrons. The van der Waals surface area contributed by atoms with Crippen LogP contribution in [-0.4, -0.2) is 51.8 Å². The summed E-state index contributed by atoms with van der Waals surface area (Å²) in [5, 5.41) is 17.3. The summed E-state index contributed by atoms with van der Waals surface area (Å²) in [5.41, 5.74) is -0.813. The standard InChI is InChI=1S/C9H15NO6/c1-9(2,3)16-8(15)10(4)5(6(11)12)7(13)14/h5H,1-4H3,(H,11,12)(H,13,14). The van der Waals surface area contributed by atoms with E-state index in [0.29, 0.717) is 4.90 Å². The number of carboxylic acids is 2. The third-order valence-electron chi connectivity index (χ3n) is 1.54. The Bertz CT molecular complexity index is 292. The van der Waals surface area contributed by atoms with Crippen molar-refractivity contribution >= 4 is 18.0 Å². The highest BCUT2D eigenvalue weighted by Gasteiger charge is 2.35. The zero-order chi connectivity index (χ0) is 13.1. The molecule has 0 atom stereocenters. The van der Waals surface area contributed by atoms with E-state index in [0.717, 1.165) is 7.05 Å². The van der Waals surface area contributed by atoms with Gasteiger partial charge in [0.25, 0.3) is 0 Å². The first-order valence-electron chi connectivity index (χ1n) is 4.47. The van der Waals surface area contributed by atoms with Crippen molar-refractivity contribution in [2.45, 2.75) is 32.4 Å². The maximum absolute atomic E-state index is 11.4. The number of aliphatic carboxylic acids is 2. The van der Waals surface area contributed by atoms with Crippen molar-refractivity contribution in [1.29, 1.82) is 0 Å². The predicted molar refractivity (Wildman–Crippen MR) is 53.1 cm³/mol. The van der Waals surface area contributed by atoms with E-state index >= 15 is 0 Å². The average Bonchev–Trinajstić information content (AvgIpc) is 1.98. The second-order valence-electron chi connectivity index (χ2n) is 4.17. The van der Waals surface area contributed by atoms with Gasteiger partial charge in [-0.1, -0.05) is 0 Å². The lowest BCUT2D eigenvalue weighted by molar-refractivity contribution is -0.155. The molecule has 0 heterocycles. The van der Waals surface area contributed by atoms with Gasteiger partial charge in [0, 0.05) is 7.05 Å². The van der Waals surface area contributed by atoms with Gasteiger partial charge in [-0.2, -0.15) is 0 Å². The Balaban J connectivity index is 4.76. The summed E-state index contributed by atoms with van der Waals surface area (Å²) in [6, 6.07) is -1.95. The molecular formula is C9H15NO6. The summed E-state index contributed by atoms with van der Waals surface area (Å²) in [4.78, 5) is 33.2. The maximum Gasteiger partial charge on any atom is 0.411 e. The van der Waals surface area contributed by atoms with E-state index in [2.05, 4.69) is 0 Å². The molecule has 7 nitrogen and oxygen atoms in total. The van der Waals surface area contributed by atoms with Crippen LogP contribution in [0.3, 0.4) is 0 Å². The quantitative estimate of drug-likeness (QED) is 0.683. The van der Waals surface area contributed by atoms with Crippen LogP contribution in [0.2, 0.25) is 0 Å². The molecule has 7 heteroatoms. The van der Waals surface area contributed by atoms with Crippen molar-refractivity contribution in [3.63, 3.8) is 0 Å². The summed E-state index contributed by atoms with van der Waals surface area (Å²) in [5.74, 6) is -3.25. The molecular weight excluding hydrogens is 218 g/mol. The molecule has 0 aliphatic heterocycles. The second kappa shape index (κ2) is 4.82. The van der Waals surface area contributed by atoms with Gasteiger partial charge in [0.2, 0.25) is 6.04 Å². The van der Waals surface area contributed by atoms with Gasteiger partial charge >= 0.3 is 18.0 Å². The second-order valence-corrected chi connectivity index (χ2v) is 4.17. The summed E-state index contributed by atoms with van der Waals surface area (Å²) in [7, 11) is 1.06. The molecule has 0 saturated carbocycles. The first-order chi connectivity index (χ1) is 7.06. The molecule has 0 rings (SSSR count). The first-order valence-corrected chi connectivity index (χ1v) is 4.47. The van der Waals surface area contributed by atoms with Crippen LogP contribution in [0.5, 0.6) is 0 Å². The number of rotatable bonds is 3. The zero-order valence-corrected chi connectivity index (χ0v) is 9.55. The largest absolute Gasteiger partial charge is 0.479 e. The molecule has 0 aromatic rings. The SMILES string of the molecule is CN(C(=O)OC(C)(C)C)C(C(=O)O)C(=O)O. The fourth-order valence-electron chi connectivity index (χ4n) is 0.876. The minimum absolute atomic E-state index is 0.524. The molecule has 0 aliphatic rings. The van der Waals surface area contributed by atoms with Crippen LogP contribution < -0.4 is 0 Å². The molecule has 0 saturated heterocycles. The van der Waals surface area contributed by atoms with E-state index in [-0.39, 0.29) is 0 Å². The van der Waals surface area contributed by atoms with Gasteiger partial charge < -0.3 is 14.9 Å². The third-order valence-corrected chi connectivity index (χ3v) is 1.54. The van der Waals surface area contributed by atoms with Crippen molar-refractivity contribution in [3.05, 3.63) is 0 Å². The molecule has 0 aliphatic carbocycles. The Labute approximate surface area is 92.6 Å². The zero-order valence-electron chi connectivity index (χ0n) is 9.55. The van der Waals surface area contributed by atoms with Crippen molar-refractivity contribution in [2.75, 3.05) is 7.05 Å². The van der Waals surface area contributed by atoms with Gasteiger partial charge in [-0.15, -0.1) is 0 Å². The van der Waals surface area contributed by atoms with Gasteiger partial charge in [-0.3, -0.25) is 4.90 Å². The minimum Gasteiger partial charge on any atom is -0.479 e. The summed E-state index contributed by atoms with van der Waals surface area (Å²) in [6.07, 6.45) is -0.998. The fraction of sp³-hybridized carbons (Fsp3) is 0.667. The lowest BCUT2D eigenvalue weighted by atomic mass is 10.2. The summed E-state index contributed by atoms with van der Waals surface area (Å²) >= 11 is 0. The van der Waals surface area contributed by atoms with E-state index in [1.54, 1.807) is 20.8 Å². The molecule has 0 radical (unpaired) electrons. The molecule has 0 spiro atoms. The van der Waals surface area contributed by atoms with Crippen LogP contribution in [0.15, 0.2) is 0 Å². The third kappa shape index (κ3) is 4.16. The number of hydrogen-bond donors (Lipinski definition) is 2. The highest BCUT2D eigenvalue weighted by atomic mass is 16.6. The molecule has 0 aromatic heterocycles. The van der Waals surface area contributed by atoms with Crippen molar-refractivity contribution in [3.8, 4) is 0 Å². The van der Waals surface area contributed by atoms with Crippen LogP contribution >= 0.6 is 0 Å². The van der Waals surface area contributed by atoms with Crippen LogP contribution in [0.4, 0.5) is 4.79 Å². The van der Waals surface area contributed by atoms with Crippen LogP contribution in [0, 0.1) is 0 Å². The lowest BCUT2D eigenvalue weighted by Crippen LogP contribution is -2.49. The van der Waals surface area contributed by atoms with Crippen LogP contribution in [0.25, 0.3) is 0 Å². The molecule has 2 N–H and O–H groups in total. The fourth-order valence-corrected chi connectivity index (χ4v) is 0.876. The molecule has 16 heavy (non-hydrogen) atoms. The number of ether oxygens (including phenoxy) is 1. The number of hydrogen-bond acceptors (Lipinski definition) is 4. The van der Waals surface area contributed by atoms with Crippen molar-refractivity contribution < 1.29 is 29.3 Å². The van der Waals surface area contributed by atoms with Gasteiger partial charge in [-0.25, -0.2) is 14.4 Å². The van der Waals surface area contributed by atoms with Gasteiger partial charge in [0.15, 0.2) is 0 Å². The number of carboxylic acid groups (broad SMARTS) is 2. The Hall–Kier alpha value is -1.79. The summed E-state index contributed by atoms with van der Waals surface area (Å²) < 4.78 is 4.84. The smallest absolute Gasteiger partial charge is 0.411 e. The van der Waals surface area contributed by atoms with E-state index in [1.165, 1.54) is 0 Å². The highest BCUT2D eigenvalue weighted by molar-refractivity contribution is 5.99. The van der Waals surface area contributed by atoms with E-state index in [9.17, 15) is 14.4 Å². The minimum atomic E-state index is -1.95. The normalized spacial score (nSPS) is 11.1. The molecule has 0 fully saturated rings. The number of carbonyl (C=O) groups is 3. The van der Waals surface area contributed by atoms with Gasteiger partial charge in [0.1, 0.15) is 5.60 Å². The molecule has 0 unspecified atom stereocenters. The molecule has 0 bridgehead atoms. The Morgan fingerprint density at radius 3 is 1.75 bits per heavy atom. The van der Waals surface area contributed by atoms with Crippen LogP contribution in [-0.2, 0) is 14.3 Å². The molecule has 1 amide bonds. The molecule has 0 aromatic carbocycles. The Morgan fingerprint density at radius 2 is 1.50 bits per heavy atom. The Kier molecular flexibility index (Phi) is 4.28. The first kappa shape index (κ1) is 14.2. The Morgan fingerprint density at radius 1 is 1.12 bits per heavy atom. The number of nitrogens with zero attached hydrogens (tertiary/aromatic N) is 1. The van der Waals surface area contributed by atoms with E-state index in [4.69, 9.17) is 14.9 Å². The van der Waals surface area contributed by atoms with Crippen molar-refractivity contribution in [1.82, 2.24) is 4.90 Å². The predicted octanol–water partition coefficient (Wildman–Crippen LogP) is 0.391. The number of carbonyl (C=O) groups excluding carboxylic acids is 1. The maximum atomic E-state index is 11.4. The summed E-state index contributed by atoms with van der Waals surface area (Å²) in [6.45, 7) is 4.78. The number of likely N-dealkylation sites (N-methyl/N-ethyl adjacent to an activating group) is 1. The van der Waals surface area contributed by atoms with Crippen molar-refractivity contribution in [2.24, 2.45) is 0 Å².